The third-order valence-electron chi connectivity index (χ3n) is 5.39. The van der Waals surface area contributed by atoms with Crippen LogP contribution in [-0.4, -0.2) is 36.8 Å². The van der Waals surface area contributed by atoms with Crippen molar-refractivity contribution in [1.82, 2.24) is 5.32 Å². The van der Waals surface area contributed by atoms with Crippen molar-refractivity contribution in [3.8, 4) is 5.75 Å². The third-order valence-corrected chi connectivity index (χ3v) is 5.39. The van der Waals surface area contributed by atoms with Crippen LogP contribution >= 0.6 is 0 Å². The Morgan fingerprint density at radius 1 is 1.09 bits per heavy atom. The highest BCUT2D eigenvalue weighted by atomic mass is 16.6. The summed E-state index contributed by atoms with van der Waals surface area (Å²) in [5, 5.41) is 6.29. The van der Waals surface area contributed by atoms with Crippen LogP contribution in [0.25, 0.3) is 0 Å². The molecule has 1 aliphatic rings. The molecule has 1 aliphatic heterocycles. The zero-order valence-electron chi connectivity index (χ0n) is 20.2. The zero-order chi connectivity index (χ0) is 24.0. The van der Waals surface area contributed by atoms with Crippen molar-refractivity contribution >= 4 is 23.4 Å². The maximum Gasteiger partial charge on any atom is 0.407 e. The van der Waals surface area contributed by atoms with E-state index in [0.717, 1.165) is 29.1 Å². The summed E-state index contributed by atoms with van der Waals surface area (Å²) < 4.78 is 10.9. The molecule has 2 atom stereocenters. The smallest absolute Gasteiger partial charge is 0.407 e. The van der Waals surface area contributed by atoms with E-state index >= 15 is 0 Å². The molecule has 0 unspecified atom stereocenters. The van der Waals surface area contributed by atoms with Gasteiger partial charge in [-0.1, -0.05) is 25.1 Å². The highest BCUT2D eigenvalue weighted by Crippen LogP contribution is 2.39. The number of alkyl carbamates (subject to hydrolysis) is 1. The molecule has 0 aliphatic carbocycles. The van der Waals surface area contributed by atoms with E-state index in [1.165, 1.54) is 0 Å². The van der Waals surface area contributed by atoms with Crippen molar-refractivity contribution in [2.75, 3.05) is 23.4 Å². The number of carbonyl (C=O) groups is 2. The first-order valence-corrected chi connectivity index (χ1v) is 11.5. The van der Waals surface area contributed by atoms with Crippen molar-refractivity contribution in [2.24, 2.45) is 0 Å². The number of carbonyl (C=O) groups excluding carboxylic acids is 2. The van der Waals surface area contributed by atoms with Crippen LogP contribution in [0.4, 0.5) is 16.2 Å². The van der Waals surface area contributed by atoms with Crippen LogP contribution in [-0.2, 0) is 9.53 Å². The van der Waals surface area contributed by atoms with Crippen LogP contribution in [0.2, 0.25) is 0 Å². The summed E-state index contributed by atoms with van der Waals surface area (Å²) in [6, 6.07) is 16.1. The largest absolute Gasteiger partial charge is 0.492 e. The number of anilines is 2. The van der Waals surface area contributed by atoms with Gasteiger partial charge in [-0.25, -0.2) is 4.79 Å². The third kappa shape index (κ3) is 6.63. The van der Waals surface area contributed by atoms with Gasteiger partial charge in [-0.2, -0.15) is 0 Å². The lowest BCUT2D eigenvalue weighted by molar-refractivity contribution is -0.118. The molecule has 2 N–H and O–H groups in total. The number of ether oxygens (including phenoxy) is 2. The maximum atomic E-state index is 12.5. The Morgan fingerprint density at radius 3 is 2.45 bits per heavy atom. The Kier molecular flexibility index (Phi) is 7.84. The van der Waals surface area contributed by atoms with Crippen LogP contribution in [0.5, 0.6) is 5.75 Å². The number of benzene rings is 2. The minimum Gasteiger partial charge on any atom is -0.492 e. The molecule has 1 heterocycles. The Balaban J connectivity index is 1.56. The summed E-state index contributed by atoms with van der Waals surface area (Å²) in [5.74, 6) is 0.875. The predicted octanol–water partition coefficient (Wildman–Crippen LogP) is 5.28. The lowest BCUT2D eigenvalue weighted by atomic mass is 9.91. The monoisotopic (exact) mass is 453 g/mol. The molecule has 0 fully saturated rings. The van der Waals surface area contributed by atoms with E-state index in [1.54, 1.807) is 0 Å². The van der Waals surface area contributed by atoms with Crippen molar-refractivity contribution in [2.45, 2.75) is 65.1 Å². The average molecular weight is 454 g/mol. The number of fused-ring (bicyclic) bond motifs is 1. The molecule has 178 valence electrons. The van der Waals surface area contributed by atoms with Gasteiger partial charge < -0.3 is 25.0 Å². The first kappa shape index (κ1) is 24.4. The fraction of sp³-hybridized carbons (Fsp3) is 0.462. The van der Waals surface area contributed by atoms with Crippen molar-refractivity contribution in [1.29, 1.82) is 0 Å². The molecule has 2 aromatic rings. The molecule has 2 amide bonds. The van der Waals surface area contributed by atoms with Crippen LogP contribution in [0.3, 0.4) is 0 Å². The van der Waals surface area contributed by atoms with E-state index in [1.807, 2.05) is 75.1 Å². The SMILES string of the molecule is CCC(=O)N1c2ccccc2[C@H](Nc2ccc(OCCNC(=O)OC(C)(C)C)cc2)C[C@@H]1C. The van der Waals surface area contributed by atoms with Gasteiger partial charge in [0.2, 0.25) is 5.91 Å². The van der Waals surface area contributed by atoms with Gasteiger partial charge in [0.25, 0.3) is 0 Å². The minimum absolute atomic E-state index is 0.113. The molecule has 0 saturated heterocycles. The second-order valence-electron chi connectivity index (χ2n) is 9.26. The number of nitrogens with zero attached hydrogens (tertiary/aromatic N) is 1. The van der Waals surface area contributed by atoms with E-state index in [0.29, 0.717) is 19.6 Å². The molecule has 33 heavy (non-hydrogen) atoms. The van der Waals surface area contributed by atoms with Crippen LogP contribution in [0.1, 0.15) is 59.1 Å². The molecule has 0 saturated carbocycles. The number of nitrogens with one attached hydrogen (secondary N) is 2. The van der Waals surface area contributed by atoms with E-state index in [-0.39, 0.29) is 18.0 Å². The Hall–Kier alpha value is -3.22. The Labute approximate surface area is 196 Å². The fourth-order valence-electron chi connectivity index (χ4n) is 3.98. The van der Waals surface area contributed by atoms with Gasteiger partial charge in [-0.3, -0.25) is 4.79 Å². The summed E-state index contributed by atoms with van der Waals surface area (Å²) >= 11 is 0. The Bertz CT molecular complexity index is 953. The summed E-state index contributed by atoms with van der Waals surface area (Å²) in [7, 11) is 0. The second-order valence-corrected chi connectivity index (χ2v) is 9.26. The van der Waals surface area contributed by atoms with Gasteiger partial charge in [0.15, 0.2) is 0 Å². The average Bonchev–Trinajstić information content (AvgIpc) is 2.76. The molecule has 0 bridgehead atoms. The van der Waals surface area contributed by atoms with Crippen molar-refractivity contribution in [3.63, 3.8) is 0 Å². The molecule has 7 heteroatoms. The fourth-order valence-corrected chi connectivity index (χ4v) is 3.98. The molecule has 0 radical (unpaired) electrons. The van der Waals surface area contributed by atoms with Crippen LogP contribution < -0.4 is 20.3 Å². The van der Waals surface area contributed by atoms with E-state index in [4.69, 9.17) is 9.47 Å². The molecular formula is C26H35N3O4. The topological polar surface area (TPSA) is 79.9 Å². The van der Waals surface area contributed by atoms with Gasteiger partial charge in [-0.05, 0) is 70.0 Å². The minimum atomic E-state index is -0.520. The highest BCUT2D eigenvalue weighted by molar-refractivity contribution is 5.95. The molecule has 7 nitrogen and oxygen atoms in total. The second kappa shape index (κ2) is 10.6. The number of hydrogen-bond donors (Lipinski definition) is 2. The van der Waals surface area contributed by atoms with Gasteiger partial charge >= 0.3 is 6.09 Å². The summed E-state index contributed by atoms with van der Waals surface area (Å²) in [6.07, 6.45) is 0.870. The van der Waals surface area contributed by atoms with Crippen LogP contribution in [0.15, 0.2) is 48.5 Å². The predicted molar refractivity (Wildman–Crippen MR) is 131 cm³/mol. The van der Waals surface area contributed by atoms with Gasteiger partial charge in [-0.15, -0.1) is 0 Å². The molecule has 0 spiro atoms. The maximum absolute atomic E-state index is 12.5. The Morgan fingerprint density at radius 2 is 1.79 bits per heavy atom. The van der Waals surface area contributed by atoms with Gasteiger partial charge in [0.1, 0.15) is 18.0 Å². The van der Waals surface area contributed by atoms with E-state index in [9.17, 15) is 9.59 Å². The van der Waals surface area contributed by atoms with Gasteiger partial charge in [0, 0.05) is 23.8 Å². The van der Waals surface area contributed by atoms with Gasteiger partial charge in [0.05, 0.1) is 12.6 Å². The van der Waals surface area contributed by atoms with Crippen LogP contribution in [0, 0.1) is 0 Å². The highest BCUT2D eigenvalue weighted by Gasteiger charge is 2.32. The molecular weight excluding hydrogens is 418 g/mol. The first-order valence-electron chi connectivity index (χ1n) is 11.5. The summed E-state index contributed by atoms with van der Waals surface area (Å²) in [4.78, 5) is 26.1. The van der Waals surface area contributed by atoms with E-state index < -0.39 is 11.7 Å². The van der Waals surface area contributed by atoms with Crippen molar-refractivity contribution in [3.05, 3.63) is 54.1 Å². The van der Waals surface area contributed by atoms with E-state index in [2.05, 4.69) is 23.6 Å². The zero-order valence-corrected chi connectivity index (χ0v) is 20.2. The van der Waals surface area contributed by atoms with Crippen molar-refractivity contribution < 1.29 is 19.1 Å². The molecule has 0 aromatic heterocycles. The number of rotatable bonds is 7. The number of amides is 2. The number of hydrogen-bond acceptors (Lipinski definition) is 5. The lowest BCUT2D eigenvalue weighted by Gasteiger charge is -2.40. The summed E-state index contributed by atoms with van der Waals surface area (Å²) in [6.45, 7) is 10.2. The first-order chi connectivity index (χ1) is 15.7. The summed E-state index contributed by atoms with van der Waals surface area (Å²) in [5.41, 5.74) is 2.58. The molecule has 2 aromatic carbocycles. The lowest BCUT2D eigenvalue weighted by Crippen LogP contribution is -2.44. The quantitative estimate of drug-likeness (QED) is 0.558. The number of para-hydroxylation sites is 1. The molecule has 3 rings (SSSR count). The normalized spacial score (nSPS) is 17.7. The standard InChI is InChI=1S/C26H35N3O4/c1-6-24(30)29-18(2)17-22(21-9-7-8-10-23(21)29)28-19-11-13-20(14-12-19)32-16-15-27-25(31)33-26(3,4)5/h7-14,18,22,28H,6,15-17H2,1-5H3,(H,27,31)/t18-,22+/m0/s1.